The van der Waals surface area contributed by atoms with Crippen molar-refractivity contribution >= 4 is 23.0 Å². The predicted molar refractivity (Wildman–Crippen MR) is 112 cm³/mol. The molecule has 4 rings (SSSR count). The smallest absolute Gasteiger partial charge is 0.243 e. The summed E-state index contributed by atoms with van der Waals surface area (Å²) in [6.07, 6.45) is 4.02. The number of amides is 1. The normalized spacial score (nSPS) is 21.5. The van der Waals surface area contributed by atoms with Crippen LogP contribution in [0.1, 0.15) is 31.2 Å². The third-order valence-electron chi connectivity index (χ3n) is 5.67. The molecule has 6 nitrogen and oxygen atoms in total. The van der Waals surface area contributed by atoms with Crippen molar-refractivity contribution in [2.75, 3.05) is 31.1 Å². The summed E-state index contributed by atoms with van der Waals surface area (Å²) in [6.45, 7) is 3.10. The van der Waals surface area contributed by atoms with Gasteiger partial charge in [0.25, 0.3) is 0 Å². The van der Waals surface area contributed by atoms with E-state index in [-0.39, 0.29) is 0 Å². The Morgan fingerprint density at radius 1 is 1.27 bits per heavy atom. The summed E-state index contributed by atoms with van der Waals surface area (Å²) in [4.78, 5) is 16.3. The fourth-order valence-electron chi connectivity index (χ4n) is 4.02. The number of anilines is 1. The highest BCUT2D eigenvalue weighted by molar-refractivity contribution is 5.95. The van der Waals surface area contributed by atoms with Gasteiger partial charge in [-0.1, -0.05) is 0 Å². The van der Waals surface area contributed by atoms with Crippen LogP contribution >= 0.6 is 0 Å². The number of fused-ring (bicyclic) bond motifs is 1. The molecule has 2 atom stereocenters. The monoisotopic (exact) mass is 415 g/mol. The summed E-state index contributed by atoms with van der Waals surface area (Å²) in [7, 11) is 0. The maximum Gasteiger partial charge on any atom is 0.243 e. The van der Waals surface area contributed by atoms with E-state index in [1.54, 1.807) is 18.3 Å². The maximum atomic E-state index is 12.8. The van der Waals surface area contributed by atoms with Gasteiger partial charge in [0.1, 0.15) is 6.07 Å². The van der Waals surface area contributed by atoms with Crippen molar-refractivity contribution in [3.05, 3.63) is 36.0 Å². The molecule has 0 aliphatic carbocycles. The zero-order valence-electron chi connectivity index (χ0n) is 16.9. The maximum absolute atomic E-state index is 12.8. The summed E-state index contributed by atoms with van der Waals surface area (Å²) in [5.74, 6) is -0.572. The van der Waals surface area contributed by atoms with Crippen LogP contribution in [-0.2, 0) is 4.79 Å². The average Bonchev–Trinajstić information content (AvgIpc) is 3.12. The van der Waals surface area contributed by atoms with Crippen molar-refractivity contribution in [3.8, 4) is 6.07 Å². The number of rotatable bonds is 4. The number of nitrogens with zero attached hydrogens (tertiary/aromatic N) is 3. The lowest BCUT2D eigenvalue weighted by molar-refractivity contribution is -0.110. The number of halogens is 2. The number of hydrogen-bond acceptors (Lipinski definition) is 5. The van der Waals surface area contributed by atoms with Gasteiger partial charge in [0.15, 0.2) is 0 Å². The van der Waals surface area contributed by atoms with Gasteiger partial charge >= 0.3 is 0 Å². The molecule has 0 bridgehead atoms. The molecule has 2 saturated heterocycles. The third kappa shape index (κ3) is 5.42. The van der Waals surface area contributed by atoms with Crippen molar-refractivity contribution in [1.29, 1.82) is 5.26 Å². The van der Waals surface area contributed by atoms with Crippen molar-refractivity contribution in [2.45, 2.75) is 38.2 Å². The number of carbonyl (C=O) groups excluding carboxylic acids is 1. The lowest BCUT2D eigenvalue weighted by atomic mass is 10.1. The summed E-state index contributed by atoms with van der Waals surface area (Å²) in [6, 6.07) is 9.74. The van der Waals surface area contributed by atoms with Crippen molar-refractivity contribution in [2.24, 2.45) is 5.92 Å². The Bertz CT molecular complexity index is 877. The van der Waals surface area contributed by atoms with Gasteiger partial charge in [-0.25, -0.2) is 8.78 Å². The van der Waals surface area contributed by atoms with Gasteiger partial charge in [-0.15, -0.1) is 0 Å². The number of hydrogen-bond donors (Lipinski definition) is 2. The first kappa shape index (κ1) is 21.9. The van der Waals surface area contributed by atoms with Crippen LogP contribution in [0.5, 0.6) is 0 Å². The van der Waals surface area contributed by atoms with Crippen LogP contribution in [0.15, 0.2) is 30.5 Å². The van der Waals surface area contributed by atoms with E-state index in [2.05, 4.69) is 21.7 Å². The zero-order chi connectivity index (χ0) is 21.3. The van der Waals surface area contributed by atoms with Crippen LogP contribution in [0.3, 0.4) is 0 Å². The summed E-state index contributed by atoms with van der Waals surface area (Å²) >= 11 is 0. The van der Waals surface area contributed by atoms with Crippen LogP contribution in [0.25, 0.3) is 10.9 Å². The summed E-state index contributed by atoms with van der Waals surface area (Å²) in [5.41, 5.74) is 2.03. The number of pyridine rings is 1. The Balaban J connectivity index is 0.000000216. The molecule has 2 aliphatic rings. The fraction of sp³-hybridized carbons (Fsp3) is 0.500. The molecule has 2 fully saturated rings. The molecule has 1 aromatic carbocycles. The van der Waals surface area contributed by atoms with Crippen molar-refractivity contribution < 1.29 is 13.6 Å². The molecule has 0 radical (unpaired) electrons. The first-order valence-corrected chi connectivity index (χ1v) is 10.4. The average molecular weight is 415 g/mol. The van der Waals surface area contributed by atoms with Crippen molar-refractivity contribution in [3.63, 3.8) is 0 Å². The molecule has 0 spiro atoms. The molecule has 0 saturated carbocycles. The fourth-order valence-corrected chi connectivity index (χ4v) is 4.02. The van der Waals surface area contributed by atoms with Gasteiger partial charge in [-0.05, 0) is 63.0 Å². The highest BCUT2D eigenvalue weighted by Crippen LogP contribution is 2.33. The molecule has 2 unspecified atom stereocenters. The number of nitrogens with one attached hydrogen (secondary N) is 2. The van der Waals surface area contributed by atoms with E-state index in [1.807, 2.05) is 17.0 Å². The minimum absolute atomic E-state index is 0.355. The first-order valence-electron chi connectivity index (χ1n) is 10.4. The number of benzene rings is 1. The molecule has 8 heteroatoms. The molecular formula is C22H27F2N5O. The number of nitriles is 1. The van der Waals surface area contributed by atoms with E-state index in [4.69, 9.17) is 5.26 Å². The summed E-state index contributed by atoms with van der Waals surface area (Å²) in [5, 5.41) is 16.0. The Kier molecular flexibility index (Phi) is 7.91. The molecule has 30 heavy (non-hydrogen) atoms. The van der Waals surface area contributed by atoms with Crippen molar-refractivity contribution in [1.82, 2.24) is 15.6 Å². The van der Waals surface area contributed by atoms with E-state index in [1.165, 1.54) is 6.42 Å². The van der Waals surface area contributed by atoms with Gasteiger partial charge in [0.2, 0.25) is 12.8 Å². The predicted octanol–water partition coefficient (Wildman–Crippen LogP) is 3.07. The molecule has 1 amide bonds. The summed E-state index contributed by atoms with van der Waals surface area (Å²) < 4.78 is 25.6. The largest absolute Gasteiger partial charge is 0.370 e. The van der Waals surface area contributed by atoms with Gasteiger partial charge in [0, 0.05) is 42.3 Å². The highest BCUT2D eigenvalue weighted by atomic mass is 19.3. The van der Waals surface area contributed by atoms with E-state index >= 15 is 0 Å². The quantitative estimate of drug-likeness (QED) is 0.750. The van der Waals surface area contributed by atoms with Crippen LogP contribution in [0.4, 0.5) is 14.5 Å². The van der Waals surface area contributed by atoms with Gasteiger partial charge in [-0.2, -0.15) is 5.26 Å². The molecule has 2 N–H and O–H groups in total. The number of aromatic nitrogens is 1. The van der Waals surface area contributed by atoms with Crippen LogP contribution in [0, 0.1) is 17.2 Å². The van der Waals surface area contributed by atoms with E-state index in [0.717, 1.165) is 43.4 Å². The Labute approximate surface area is 175 Å². The second-order valence-corrected chi connectivity index (χ2v) is 7.64. The molecule has 1 aromatic heterocycles. The van der Waals surface area contributed by atoms with Crippen LogP contribution in [-0.4, -0.2) is 50.0 Å². The second-order valence-electron chi connectivity index (χ2n) is 7.64. The highest BCUT2D eigenvalue weighted by Gasteiger charge is 2.30. The van der Waals surface area contributed by atoms with E-state index in [0.29, 0.717) is 36.6 Å². The number of alkyl halides is 2. The van der Waals surface area contributed by atoms with E-state index < -0.39 is 12.3 Å². The zero-order valence-corrected chi connectivity index (χ0v) is 16.9. The molecule has 2 aromatic rings. The topological polar surface area (TPSA) is 81.0 Å². The lowest BCUT2D eigenvalue weighted by Crippen LogP contribution is -2.28. The standard InChI is InChI=1S/C15H13F2N3.C7H14N2O/c16-15(17)11-5-7-20(9-11)13-4-3-10(8-18)14-12(13)2-1-6-19-14;10-6-9-7-2-1-4-8-5-3-7/h1-4,6,11,15H,5,7,9H2;6-8H,1-5H2,(H,9,10). The molecule has 3 heterocycles. The SMILES string of the molecule is N#Cc1ccc(N2CCC(C(F)F)C2)c2cccnc12.O=CNC1CCCNCC1. The minimum atomic E-state index is -2.28. The Hall–Kier alpha value is -2.79. The molecule has 160 valence electrons. The van der Waals surface area contributed by atoms with Gasteiger partial charge < -0.3 is 15.5 Å². The van der Waals surface area contributed by atoms with Crippen LogP contribution in [0.2, 0.25) is 0 Å². The molecular weight excluding hydrogens is 388 g/mol. The Morgan fingerprint density at radius 3 is 2.87 bits per heavy atom. The van der Waals surface area contributed by atoms with Crippen LogP contribution < -0.4 is 15.5 Å². The van der Waals surface area contributed by atoms with E-state index in [9.17, 15) is 13.6 Å². The minimum Gasteiger partial charge on any atom is -0.370 e. The lowest BCUT2D eigenvalue weighted by Gasteiger charge is -2.20. The van der Waals surface area contributed by atoms with Gasteiger partial charge in [-0.3, -0.25) is 9.78 Å². The first-order chi connectivity index (χ1) is 14.6. The Morgan fingerprint density at radius 2 is 2.13 bits per heavy atom. The van der Waals surface area contributed by atoms with Gasteiger partial charge in [0.05, 0.1) is 11.1 Å². The third-order valence-corrected chi connectivity index (χ3v) is 5.67. The second kappa shape index (κ2) is 10.8. The molecule has 2 aliphatic heterocycles. The number of carbonyl (C=O) groups is 1.